The number of nitriles is 3. The highest BCUT2D eigenvalue weighted by Gasteiger charge is 2.20. The molecule has 0 saturated heterocycles. The fourth-order valence-corrected chi connectivity index (χ4v) is 7.45. The largest absolute Gasteiger partial charge is 0.309 e. The molecule has 50 heavy (non-hydrogen) atoms. The Hall–Kier alpha value is -7.39. The van der Waals surface area contributed by atoms with Crippen LogP contribution in [0.4, 0.5) is 0 Å². The van der Waals surface area contributed by atoms with Crippen molar-refractivity contribution in [2.75, 3.05) is 0 Å². The topological polar surface area (TPSA) is 81.2 Å². The molecule has 2 heterocycles. The summed E-state index contributed by atoms with van der Waals surface area (Å²) < 4.78 is 4.42. The Bertz CT molecular complexity index is 2900. The highest BCUT2D eigenvalue weighted by atomic mass is 15.0. The van der Waals surface area contributed by atoms with Gasteiger partial charge in [0.15, 0.2) is 0 Å². The molecule has 0 aliphatic heterocycles. The van der Waals surface area contributed by atoms with Crippen molar-refractivity contribution >= 4 is 43.6 Å². The molecule has 0 radical (unpaired) electrons. The minimum Gasteiger partial charge on any atom is -0.309 e. The lowest BCUT2D eigenvalue weighted by Crippen LogP contribution is -2.00. The second-order valence-electron chi connectivity index (χ2n) is 12.3. The van der Waals surface area contributed by atoms with Crippen LogP contribution in [0.1, 0.15) is 16.7 Å². The van der Waals surface area contributed by atoms with Gasteiger partial charge in [-0.2, -0.15) is 15.8 Å². The fraction of sp³-hybridized carbons (Fsp3) is 0. The van der Waals surface area contributed by atoms with Crippen molar-refractivity contribution in [1.29, 1.82) is 15.8 Å². The molecule has 9 rings (SSSR count). The van der Waals surface area contributed by atoms with Gasteiger partial charge in [0.2, 0.25) is 0 Å². The number of fused-ring (bicyclic) bond motifs is 6. The van der Waals surface area contributed by atoms with Gasteiger partial charge in [-0.15, -0.1) is 0 Å². The maximum atomic E-state index is 10.2. The second kappa shape index (κ2) is 11.4. The van der Waals surface area contributed by atoms with Gasteiger partial charge in [0.25, 0.3) is 0 Å². The van der Waals surface area contributed by atoms with E-state index in [2.05, 4.69) is 112 Å². The number of benzene rings is 7. The van der Waals surface area contributed by atoms with Crippen molar-refractivity contribution in [3.8, 4) is 51.8 Å². The van der Waals surface area contributed by atoms with Gasteiger partial charge in [-0.1, -0.05) is 84.9 Å². The Morgan fingerprint density at radius 2 is 1.02 bits per heavy atom. The van der Waals surface area contributed by atoms with E-state index in [4.69, 9.17) is 0 Å². The zero-order valence-corrected chi connectivity index (χ0v) is 26.7. The minimum absolute atomic E-state index is 0.540. The van der Waals surface area contributed by atoms with E-state index in [-0.39, 0.29) is 0 Å². The molecule has 0 unspecified atom stereocenters. The molecule has 0 aliphatic carbocycles. The third kappa shape index (κ3) is 4.31. The lowest BCUT2D eigenvalue weighted by atomic mass is 9.91. The molecule has 2 aromatic heterocycles. The van der Waals surface area contributed by atoms with Crippen LogP contribution in [0.5, 0.6) is 0 Å². The monoisotopic (exact) mass is 635 g/mol. The third-order valence-corrected chi connectivity index (χ3v) is 9.64. The standard InChI is InChI=1S/C45H25N5/c46-26-29-16-22-34(31-18-20-33(21-19-31)49-41-13-4-1-9-35(41)36-10-2-5-14-42(36)49)39(24-29)37-11-3-6-15-43(37)50-44-23-17-30(27-47)25-40(44)38-12-7-8-32(28-48)45(38)50/h1-25H. The first-order valence-corrected chi connectivity index (χ1v) is 16.3. The average Bonchev–Trinajstić information content (AvgIpc) is 3.70. The Labute approximate surface area is 287 Å². The van der Waals surface area contributed by atoms with E-state index in [1.165, 1.54) is 10.8 Å². The van der Waals surface area contributed by atoms with Crippen LogP contribution in [0.2, 0.25) is 0 Å². The maximum absolute atomic E-state index is 10.2. The molecular weight excluding hydrogens is 611 g/mol. The van der Waals surface area contributed by atoms with Gasteiger partial charge in [-0.25, -0.2) is 0 Å². The summed E-state index contributed by atoms with van der Waals surface area (Å²) in [6.07, 6.45) is 0. The van der Waals surface area contributed by atoms with Gasteiger partial charge in [-0.05, 0) is 83.4 Å². The van der Waals surface area contributed by atoms with E-state index < -0.39 is 0 Å². The van der Waals surface area contributed by atoms with Crippen molar-refractivity contribution in [3.63, 3.8) is 0 Å². The predicted octanol–water partition coefficient (Wildman–Crippen LogP) is 10.8. The van der Waals surface area contributed by atoms with E-state index in [9.17, 15) is 15.8 Å². The van der Waals surface area contributed by atoms with Crippen LogP contribution < -0.4 is 0 Å². The Morgan fingerprint density at radius 3 is 1.74 bits per heavy atom. The van der Waals surface area contributed by atoms with Crippen LogP contribution >= 0.6 is 0 Å². The summed E-state index contributed by atoms with van der Waals surface area (Å²) >= 11 is 0. The summed E-state index contributed by atoms with van der Waals surface area (Å²) in [5.74, 6) is 0. The second-order valence-corrected chi connectivity index (χ2v) is 12.3. The van der Waals surface area contributed by atoms with Crippen LogP contribution in [0.3, 0.4) is 0 Å². The molecule has 5 heteroatoms. The van der Waals surface area contributed by atoms with Crippen molar-refractivity contribution in [3.05, 3.63) is 168 Å². The molecule has 0 spiro atoms. The smallest absolute Gasteiger partial charge is 0.101 e. The van der Waals surface area contributed by atoms with E-state index in [0.29, 0.717) is 16.7 Å². The SMILES string of the molecule is N#Cc1ccc(-c2ccc(-n3c4ccccc4c4ccccc43)cc2)c(-c2ccccc2-n2c3ccc(C#N)cc3c3cccc(C#N)c32)c1. The fourth-order valence-electron chi connectivity index (χ4n) is 7.45. The van der Waals surface area contributed by atoms with E-state index in [1.54, 1.807) is 0 Å². The van der Waals surface area contributed by atoms with E-state index >= 15 is 0 Å². The van der Waals surface area contributed by atoms with Crippen LogP contribution in [0.15, 0.2) is 152 Å². The average molecular weight is 636 g/mol. The molecule has 7 aromatic carbocycles. The molecule has 230 valence electrons. The maximum Gasteiger partial charge on any atom is 0.101 e. The summed E-state index contributed by atoms with van der Waals surface area (Å²) in [5, 5.41) is 34.2. The van der Waals surface area contributed by atoms with Crippen LogP contribution in [-0.2, 0) is 0 Å². The number of rotatable bonds is 4. The zero-order chi connectivity index (χ0) is 33.8. The lowest BCUT2D eigenvalue weighted by molar-refractivity contribution is 1.18. The quantitative estimate of drug-likeness (QED) is 0.193. The van der Waals surface area contributed by atoms with Gasteiger partial charge in [0.05, 0.1) is 56.6 Å². The highest BCUT2D eigenvalue weighted by Crippen LogP contribution is 2.41. The van der Waals surface area contributed by atoms with Gasteiger partial charge >= 0.3 is 0 Å². The minimum atomic E-state index is 0.540. The van der Waals surface area contributed by atoms with Gasteiger partial charge < -0.3 is 9.13 Å². The Kier molecular flexibility index (Phi) is 6.56. The molecule has 0 N–H and O–H groups in total. The van der Waals surface area contributed by atoms with Crippen LogP contribution in [0.25, 0.3) is 77.2 Å². The van der Waals surface area contributed by atoms with Crippen LogP contribution in [0, 0.1) is 34.0 Å². The van der Waals surface area contributed by atoms with Crippen molar-refractivity contribution in [2.24, 2.45) is 0 Å². The number of hydrogen-bond donors (Lipinski definition) is 0. The summed E-state index contributed by atoms with van der Waals surface area (Å²) in [4.78, 5) is 0. The van der Waals surface area contributed by atoms with Crippen molar-refractivity contribution in [2.45, 2.75) is 0 Å². The van der Waals surface area contributed by atoms with Gasteiger partial charge in [0.1, 0.15) is 6.07 Å². The van der Waals surface area contributed by atoms with Gasteiger partial charge in [0, 0.05) is 32.8 Å². The van der Waals surface area contributed by atoms with Gasteiger partial charge in [-0.3, -0.25) is 0 Å². The number of aromatic nitrogens is 2. The summed E-state index contributed by atoms with van der Waals surface area (Å²) in [6, 6.07) is 57.8. The molecule has 0 saturated carbocycles. The number of para-hydroxylation sites is 4. The van der Waals surface area contributed by atoms with Crippen LogP contribution in [-0.4, -0.2) is 9.13 Å². The predicted molar refractivity (Wildman–Crippen MR) is 200 cm³/mol. The first kappa shape index (κ1) is 28.8. The summed E-state index contributed by atoms with van der Waals surface area (Å²) in [7, 11) is 0. The Balaban J connectivity index is 1.26. The van der Waals surface area contributed by atoms with Crippen molar-refractivity contribution in [1.82, 2.24) is 9.13 Å². The third-order valence-electron chi connectivity index (χ3n) is 9.64. The normalized spacial score (nSPS) is 11.1. The van der Waals surface area contributed by atoms with Crippen molar-refractivity contribution < 1.29 is 0 Å². The molecule has 0 fully saturated rings. The first-order valence-electron chi connectivity index (χ1n) is 16.3. The molecule has 0 atom stereocenters. The Morgan fingerprint density at radius 1 is 0.400 bits per heavy atom. The molecular formula is C45H25N5. The summed E-state index contributed by atoms with van der Waals surface area (Å²) in [6.45, 7) is 0. The molecule has 5 nitrogen and oxygen atoms in total. The number of hydrogen-bond acceptors (Lipinski definition) is 3. The first-order chi connectivity index (χ1) is 24.7. The summed E-state index contributed by atoms with van der Waals surface area (Å²) in [5.41, 5.74) is 11.4. The molecule has 9 aromatic rings. The van der Waals surface area contributed by atoms with E-state index in [0.717, 1.165) is 66.5 Å². The number of nitrogens with zero attached hydrogens (tertiary/aromatic N) is 5. The highest BCUT2D eigenvalue weighted by molar-refractivity contribution is 6.12. The molecule has 0 bridgehead atoms. The zero-order valence-electron chi connectivity index (χ0n) is 26.7. The lowest BCUT2D eigenvalue weighted by Gasteiger charge is -2.18. The van der Waals surface area contributed by atoms with E-state index in [1.807, 2.05) is 66.7 Å². The molecule has 0 aliphatic rings. The molecule has 0 amide bonds.